The number of nitrogens with zero attached hydrogens (tertiary/aromatic N) is 3. The lowest BCUT2D eigenvalue weighted by molar-refractivity contribution is -0.156. The van der Waals surface area contributed by atoms with E-state index in [1.807, 2.05) is 5.32 Å². The molecule has 158 valence electrons. The van der Waals surface area contributed by atoms with Crippen LogP contribution in [0.3, 0.4) is 0 Å². The van der Waals surface area contributed by atoms with Gasteiger partial charge in [-0.1, -0.05) is 23.3 Å². The Labute approximate surface area is 169 Å². The van der Waals surface area contributed by atoms with Gasteiger partial charge in [-0.3, -0.25) is 14.4 Å². The second-order valence-electron chi connectivity index (χ2n) is 5.89. The van der Waals surface area contributed by atoms with Crippen molar-refractivity contribution in [1.29, 1.82) is 0 Å². The lowest BCUT2D eigenvalue weighted by Crippen LogP contribution is -2.30. The van der Waals surface area contributed by atoms with E-state index < -0.39 is 34.0 Å². The lowest BCUT2D eigenvalue weighted by atomic mass is 10.2. The Morgan fingerprint density at radius 2 is 1.70 bits per heavy atom. The number of halogens is 3. The zero-order valence-electron chi connectivity index (χ0n) is 15.4. The first-order valence-corrected chi connectivity index (χ1v) is 9.97. The van der Waals surface area contributed by atoms with Crippen LogP contribution in [0.5, 0.6) is 0 Å². The molecule has 12 heteroatoms. The minimum absolute atomic E-state index is 0.0107. The summed E-state index contributed by atoms with van der Waals surface area (Å²) in [4.78, 5) is 12.1. The van der Waals surface area contributed by atoms with Crippen molar-refractivity contribution in [3.05, 3.63) is 66.1 Å². The molecule has 0 aliphatic carbocycles. The van der Waals surface area contributed by atoms with Gasteiger partial charge in [-0.25, -0.2) is 8.42 Å². The SMILES string of the molecule is CCN(c1ccccc1)S(=O)(=O)c1ccc(C(=O)Nc2nnc(C(F)(F)F)o2)cc1. The molecule has 0 saturated carbocycles. The summed E-state index contributed by atoms with van der Waals surface area (Å²) in [7, 11) is -3.88. The first-order valence-electron chi connectivity index (χ1n) is 8.53. The highest BCUT2D eigenvalue weighted by atomic mass is 32.2. The summed E-state index contributed by atoms with van der Waals surface area (Å²) in [6.45, 7) is 1.87. The average molecular weight is 440 g/mol. The molecule has 0 unspecified atom stereocenters. The summed E-state index contributed by atoms with van der Waals surface area (Å²) in [6.07, 6.45) is -4.84. The maximum absolute atomic E-state index is 12.9. The van der Waals surface area contributed by atoms with Crippen LogP contribution < -0.4 is 9.62 Å². The van der Waals surface area contributed by atoms with Crippen molar-refractivity contribution in [2.24, 2.45) is 0 Å². The van der Waals surface area contributed by atoms with Gasteiger partial charge in [0.15, 0.2) is 0 Å². The van der Waals surface area contributed by atoms with Crippen LogP contribution >= 0.6 is 0 Å². The Hall–Kier alpha value is -3.41. The summed E-state index contributed by atoms with van der Waals surface area (Å²) in [5.41, 5.74) is 0.474. The third-order valence-corrected chi connectivity index (χ3v) is 5.84. The van der Waals surface area contributed by atoms with Gasteiger partial charge in [-0.2, -0.15) is 13.2 Å². The van der Waals surface area contributed by atoms with Crippen LogP contribution in [0, 0.1) is 0 Å². The number of aromatic nitrogens is 2. The van der Waals surface area contributed by atoms with E-state index in [1.54, 1.807) is 37.3 Å². The van der Waals surface area contributed by atoms with Gasteiger partial charge in [0.05, 0.1) is 10.6 Å². The lowest BCUT2D eigenvalue weighted by Gasteiger charge is -2.22. The van der Waals surface area contributed by atoms with Crippen LogP contribution in [-0.2, 0) is 16.2 Å². The molecule has 1 heterocycles. The molecule has 3 rings (SSSR count). The van der Waals surface area contributed by atoms with Crippen molar-refractivity contribution in [3.8, 4) is 0 Å². The van der Waals surface area contributed by atoms with E-state index in [0.717, 1.165) is 0 Å². The number of rotatable bonds is 6. The summed E-state index contributed by atoms with van der Waals surface area (Å²) < 4.78 is 68.8. The summed E-state index contributed by atoms with van der Waals surface area (Å²) in [6, 6.07) is 12.7. The largest absolute Gasteiger partial charge is 0.470 e. The zero-order valence-corrected chi connectivity index (χ0v) is 16.2. The minimum atomic E-state index is -4.84. The number of sulfonamides is 1. The molecular weight excluding hydrogens is 425 g/mol. The maximum Gasteiger partial charge on any atom is 0.470 e. The number of carbonyl (C=O) groups excluding carboxylic acids is 1. The number of hydrogen-bond acceptors (Lipinski definition) is 6. The molecule has 0 aliphatic rings. The number of hydrogen-bond donors (Lipinski definition) is 1. The Morgan fingerprint density at radius 3 is 2.23 bits per heavy atom. The smallest absolute Gasteiger partial charge is 0.399 e. The predicted molar refractivity (Wildman–Crippen MR) is 100 cm³/mol. The van der Waals surface area contributed by atoms with Crippen LogP contribution in [0.1, 0.15) is 23.2 Å². The van der Waals surface area contributed by atoms with E-state index in [1.165, 1.54) is 28.6 Å². The Kier molecular flexibility index (Phi) is 5.78. The Morgan fingerprint density at radius 1 is 1.07 bits per heavy atom. The van der Waals surface area contributed by atoms with Crippen molar-refractivity contribution in [2.45, 2.75) is 18.0 Å². The monoisotopic (exact) mass is 440 g/mol. The maximum atomic E-state index is 12.9. The third kappa shape index (κ3) is 4.43. The fourth-order valence-corrected chi connectivity index (χ4v) is 4.02. The fraction of sp³-hybridized carbons (Fsp3) is 0.167. The molecule has 0 spiro atoms. The van der Waals surface area contributed by atoms with Crippen LogP contribution in [0.4, 0.5) is 24.9 Å². The number of anilines is 2. The molecule has 1 aromatic heterocycles. The Bertz CT molecular complexity index is 1130. The molecule has 1 amide bonds. The van der Waals surface area contributed by atoms with Gasteiger partial charge in [-0.15, -0.1) is 5.10 Å². The average Bonchev–Trinajstić information content (AvgIpc) is 3.18. The van der Waals surface area contributed by atoms with E-state index in [0.29, 0.717) is 5.69 Å². The van der Waals surface area contributed by atoms with Gasteiger partial charge in [0.2, 0.25) is 0 Å². The number of para-hydroxylation sites is 1. The number of alkyl halides is 3. The zero-order chi connectivity index (χ0) is 21.9. The molecule has 1 N–H and O–H groups in total. The first kappa shape index (κ1) is 21.3. The minimum Gasteiger partial charge on any atom is -0.399 e. The highest BCUT2D eigenvalue weighted by Crippen LogP contribution is 2.29. The topological polar surface area (TPSA) is 105 Å². The normalized spacial score (nSPS) is 11.9. The summed E-state index contributed by atoms with van der Waals surface area (Å²) in [5.74, 6) is -2.44. The highest BCUT2D eigenvalue weighted by molar-refractivity contribution is 7.92. The van der Waals surface area contributed by atoms with E-state index in [2.05, 4.69) is 14.6 Å². The fourth-order valence-electron chi connectivity index (χ4n) is 2.55. The van der Waals surface area contributed by atoms with Crippen molar-refractivity contribution < 1.29 is 30.8 Å². The van der Waals surface area contributed by atoms with Crippen molar-refractivity contribution in [3.63, 3.8) is 0 Å². The predicted octanol–water partition coefficient (Wildman–Crippen LogP) is 3.56. The molecule has 0 atom stereocenters. The third-order valence-electron chi connectivity index (χ3n) is 3.92. The van der Waals surface area contributed by atoms with Gasteiger partial charge >= 0.3 is 18.1 Å². The molecule has 0 aliphatic heterocycles. The van der Waals surface area contributed by atoms with Crippen molar-refractivity contribution in [1.82, 2.24) is 10.2 Å². The van der Waals surface area contributed by atoms with Gasteiger partial charge < -0.3 is 4.42 Å². The number of carbonyl (C=O) groups is 1. The molecule has 2 aromatic carbocycles. The Balaban J connectivity index is 1.78. The van der Waals surface area contributed by atoms with Crippen LogP contribution in [-0.4, -0.2) is 31.1 Å². The second kappa shape index (κ2) is 8.14. The van der Waals surface area contributed by atoms with Crippen molar-refractivity contribution >= 4 is 27.6 Å². The summed E-state index contributed by atoms with van der Waals surface area (Å²) in [5, 5.41) is 7.93. The number of benzene rings is 2. The number of nitrogens with one attached hydrogen (secondary N) is 1. The quantitative estimate of drug-likeness (QED) is 0.628. The first-order chi connectivity index (χ1) is 14.1. The number of amides is 1. The van der Waals surface area contributed by atoms with Crippen LogP contribution in [0.2, 0.25) is 0 Å². The molecule has 0 fully saturated rings. The van der Waals surface area contributed by atoms with Crippen LogP contribution in [0.25, 0.3) is 0 Å². The molecule has 0 bridgehead atoms. The summed E-state index contributed by atoms with van der Waals surface area (Å²) >= 11 is 0. The molecule has 0 saturated heterocycles. The van der Waals surface area contributed by atoms with Gasteiger partial charge in [0.1, 0.15) is 0 Å². The van der Waals surface area contributed by atoms with Crippen molar-refractivity contribution in [2.75, 3.05) is 16.2 Å². The highest BCUT2D eigenvalue weighted by Gasteiger charge is 2.38. The van der Waals surface area contributed by atoms with Gasteiger partial charge in [0, 0.05) is 12.1 Å². The molecule has 30 heavy (non-hydrogen) atoms. The van der Waals surface area contributed by atoms with E-state index in [9.17, 15) is 26.4 Å². The van der Waals surface area contributed by atoms with E-state index in [-0.39, 0.29) is 17.0 Å². The van der Waals surface area contributed by atoms with Gasteiger partial charge in [-0.05, 0) is 43.3 Å². The van der Waals surface area contributed by atoms with Crippen LogP contribution in [0.15, 0.2) is 63.9 Å². The molecule has 0 radical (unpaired) electrons. The molecule has 3 aromatic rings. The molecule has 8 nitrogen and oxygen atoms in total. The van der Waals surface area contributed by atoms with E-state index >= 15 is 0 Å². The standard InChI is InChI=1S/C18H15F3N4O4S/c1-2-25(13-6-4-3-5-7-13)30(27,28)14-10-8-12(9-11-14)15(26)22-17-24-23-16(29-17)18(19,20)21/h3-11H,2H2,1H3,(H,22,24,26). The van der Waals surface area contributed by atoms with E-state index in [4.69, 9.17) is 0 Å². The second-order valence-corrected chi connectivity index (χ2v) is 7.76. The van der Waals surface area contributed by atoms with Gasteiger partial charge in [0.25, 0.3) is 15.9 Å². The molecular formula is C18H15F3N4O4S.